The van der Waals surface area contributed by atoms with Gasteiger partial charge in [-0.15, -0.1) is 0 Å². The molecule has 0 spiro atoms. The molecule has 0 saturated heterocycles. The number of carboxylic acids is 1. The molecule has 6 nitrogen and oxygen atoms in total. The van der Waals surface area contributed by atoms with Crippen molar-refractivity contribution in [1.82, 2.24) is 0 Å². The zero-order chi connectivity index (χ0) is 21.4. The molecule has 0 aliphatic carbocycles. The van der Waals surface area contributed by atoms with Gasteiger partial charge in [-0.1, -0.05) is 6.42 Å². The fraction of sp³-hybridized carbons (Fsp3) is 0.636. The summed E-state index contributed by atoms with van der Waals surface area (Å²) in [6.07, 6.45) is 5.63. The molecule has 0 heterocycles. The summed E-state index contributed by atoms with van der Waals surface area (Å²) >= 11 is 0. The zero-order valence-electron chi connectivity index (χ0n) is 17.5. The number of phenolic OH excluding ortho intramolecular Hbond substituents is 2. The first-order valence-corrected chi connectivity index (χ1v) is 9.87. The third-order valence-electron chi connectivity index (χ3n) is 5.20. The summed E-state index contributed by atoms with van der Waals surface area (Å²) in [5.41, 5.74) is 0.127. The van der Waals surface area contributed by atoms with Crippen LogP contribution in [-0.2, 0) is 27.2 Å². The van der Waals surface area contributed by atoms with Crippen LogP contribution >= 0.6 is 0 Å². The predicted molar refractivity (Wildman–Crippen MR) is 108 cm³/mol. The maximum atomic E-state index is 11.1. The van der Waals surface area contributed by atoms with Gasteiger partial charge in [0, 0.05) is 0 Å². The summed E-state index contributed by atoms with van der Waals surface area (Å²) in [6, 6.07) is 3.21. The van der Waals surface area contributed by atoms with Crippen LogP contribution in [-0.4, -0.2) is 33.4 Å². The van der Waals surface area contributed by atoms with Gasteiger partial charge in [-0.3, -0.25) is 9.59 Å². The molecule has 0 bridgehead atoms. The van der Waals surface area contributed by atoms with Crippen LogP contribution in [0.5, 0.6) is 11.5 Å². The molecular formula is C22H34O6. The van der Waals surface area contributed by atoms with E-state index in [1.807, 2.05) is 13.8 Å². The van der Waals surface area contributed by atoms with Crippen LogP contribution < -0.4 is 0 Å². The first kappa shape index (κ1) is 23.8. The third kappa shape index (κ3) is 7.79. The second-order valence-corrected chi connectivity index (χ2v) is 8.69. The molecule has 0 aliphatic rings. The Hall–Kier alpha value is -2.24. The first-order chi connectivity index (χ1) is 13.0. The highest BCUT2D eigenvalue weighted by atomic mass is 16.5. The van der Waals surface area contributed by atoms with E-state index < -0.39 is 17.0 Å². The van der Waals surface area contributed by atoms with E-state index in [-0.39, 0.29) is 11.5 Å². The van der Waals surface area contributed by atoms with Gasteiger partial charge in [0.15, 0.2) is 0 Å². The second-order valence-electron chi connectivity index (χ2n) is 8.69. The molecular weight excluding hydrogens is 360 g/mol. The fourth-order valence-corrected chi connectivity index (χ4v) is 3.11. The normalized spacial score (nSPS) is 12.0. The van der Waals surface area contributed by atoms with Crippen LogP contribution in [0.3, 0.4) is 0 Å². The van der Waals surface area contributed by atoms with Crippen molar-refractivity contribution in [1.29, 1.82) is 0 Å². The minimum absolute atomic E-state index is 0.162. The Morgan fingerprint density at radius 1 is 0.929 bits per heavy atom. The number of hydrogen-bond donors (Lipinski definition) is 3. The van der Waals surface area contributed by atoms with Gasteiger partial charge in [-0.2, -0.15) is 0 Å². The highest BCUT2D eigenvalue weighted by molar-refractivity contribution is 5.73. The number of rotatable bonds is 13. The SMILES string of the molecule is CC(C)(CCCCc1cc(O)c(CCCCC(C)(C)C(=O)O)cc1O)OC=O. The van der Waals surface area contributed by atoms with Gasteiger partial charge in [0.1, 0.15) is 17.1 Å². The Morgan fingerprint density at radius 3 is 1.82 bits per heavy atom. The monoisotopic (exact) mass is 394 g/mol. The van der Waals surface area contributed by atoms with E-state index in [4.69, 9.17) is 9.84 Å². The van der Waals surface area contributed by atoms with Crippen molar-refractivity contribution in [2.24, 2.45) is 5.41 Å². The van der Waals surface area contributed by atoms with Gasteiger partial charge in [0.05, 0.1) is 5.41 Å². The van der Waals surface area contributed by atoms with E-state index >= 15 is 0 Å². The number of hydrogen-bond acceptors (Lipinski definition) is 5. The largest absolute Gasteiger partial charge is 0.508 e. The summed E-state index contributed by atoms with van der Waals surface area (Å²) in [4.78, 5) is 21.6. The molecule has 0 aromatic heterocycles. The second kappa shape index (κ2) is 10.3. The Bertz CT molecular complexity index is 663. The van der Waals surface area contributed by atoms with Gasteiger partial charge >= 0.3 is 5.97 Å². The molecule has 1 aromatic carbocycles. The topological polar surface area (TPSA) is 104 Å². The number of unbranched alkanes of at least 4 members (excludes halogenated alkanes) is 2. The molecule has 1 aromatic rings. The number of aliphatic carboxylic acids is 1. The van der Waals surface area contributed by atoms with Crippen LogP contribution in [0.4, 0.5) is 0 Å². The lowest BCUT2D eigenvalue weighted by atomic mass is 9.87. The number of ether oxygens (including phenoxy) is 1. The molecule has 0 atom stereocenters. The smallest absolute Gasteiger partial charge is 0.309 e. The molecule has 0 saturated carbocycles. The minimum atomic E-state index is -0.807. The molecule has 0 radical (unpaired) electrons. The number of aromatic hydroxyl groups is 2. The maximum Gasteiger partial charge on any atom is 0.309 e. The van der Waals surface area contributed by atoms with E-state index in [1.165, 1.54) is 0 Å². The molecule has 158 valence electrons. The van der Waals surface area contributed by atoms with Crippen molar-refractivity contribution in [2.45, 2.75) is 84.7 Å². The number of carbonyl (C=O) groups is 2. The van der Waals surface area contributed by atoms with Gasteiger partial charge < -0.3 is 20.1 Å². The van der Waals surface area contributed by atoms with E-state index in [1.54, 1.807) is 26.0 Å². The Kier molecular flexibility index (Phi) is 8.79. The predicted octanol–water partition coefficient (Wildman–Crippen LogP) is 4.59. The lowest BCUT2D eigenvalue weighted by Crippen LogP contribution is -2.23. The van der Waals surface area contributed by atoms with Crippen molar-refractivity contribution < 1.29 is 29.6 Å². The molecule has 0 amide bonds. The van der Waals surface area contributed by atoms with Crippen molar-refractivity contribution in [3.63, 3.8) is 0 Å². The van der Waals surface area contributed by atoms with Crippen molar-refractivity contribution in [3.8, 4) is 11.5 Å². The summed E-state index contributed by atoms with van der Waals surface area (Å²) in [6.45, 7) is 7.60. The number of aryl methyl sites for hydroxylation is 2. The summed E-state index contributed by atoms with van der Waals surface area (Å²) in [5.74, 6) is -0.476. The molecule has 1 rings (SSSR count). The van der Waals surface area contributed by atoms with E-state index in [0.29, 0.717) is 36.9 Å². The van der Waals surface area contributed by atoms with Crippen LogP contribution in [0.25, 0.3) is 0 Å². The molecule has 0 fully saturated rings. The number of phenols is 2. The third-order valence-corrected chi connectivity index (χ3v) is 5.20. The average Bonchev–Trinajstić information content (AvgIpc) is 2.58. The lowest BCUT2D eigenvalue weighted by molar-refractivity contribution is -0.147. The Balaban J connectivity index is 2.51. The lowest BCUT2D eigenvalue weighted by Gasteiger charge is -2.22. The van der Waals surface area contributed by atoms with Crippen molar-refractivity contribution >= 4 is 12.4 Å². The standard InChI is InChI=1S/C22H34O6/c1-21(2,20(26)27)11-7-5-9-16-13-19(25)17(14-18(16)24)10-6-8-12-22(3,4)28-15-23/h13-15,24-25H,5-12H2,1-4H3,(H,26,27). The molecule has 0 aliphatic heterocycles. The van der Waals surface area contributed by atoms with Crippen molar-refractivity contribution in [2.75, 3.05) is 0 Å². The number of carbonyl (C=O) groups excluding carboxylic acids is 1. The Labute approximate surface area is 167 Å². The van der Waals surface area contributed by atoms with Crippen LogP contribution in [0.2, 0.25) is 0 Å². The highest BCUT2D eigenvalue weighted by Gasteiger charge is 2.26. The van der Waals surface area contributed by atoms with E-state index in [2.05, 4.69) is 0 Å². The quantitative estimate of drug-likeness (QED) is 0.257. The highest BCUT2D eigenvalue weighted by Crippen LogP contribution is 2.31. The molecule has 6 heteroatoms. The number of benzene rings is 1. The molecule has 3 N–H and O–H groups in total. The van der Waals surface area contributed by atoms with Gasteiger partial charge in [0.25, 0.3) is 6.47 Å². The van der Waals surface area contributed by atoms with Gasteiger partial charge in [-0.25, -0.2) is 0 Å². The Morgan fingerprint density at radius 2 is 1.39 bits per heavy atom. The van der Waals surface area contributed by atoms with Crippen molar-refractivity contribution in [3.05, 3.63) is 23.3 Å². The van der Waals surface area contributed by atoms with Gasteiger partial charge in [-0.05, 0) is 95.9 Å². The first-order valence-electron chi connectivity index (χ1n) is 9.87. The zero-order valence-corrected chi connectivity index (χ0v) is 17.5. The fourth-order valence-electron chi connectivity index (χ4n) is 3.11. The maximum absolute atomic E-state index is 11.1. The minimum Gasteiger partial charge on any atom is -0.508 e. The van der Waals surface area contributed by atoms with Crippen LogP contribution in [0.1, 0.15) is 77.3 Å². The van der Waals surface area contributed by atoms with Crippen LogP contribution in [0, 0.1) is 5.41 Å². The number of carboxylic acid groups (broad SMARTS) is 1. The molecule has 28 heavy (non-hydrogen) atoms. The average molecular weight is 395 g/mol. The van der Waals surface area contributed by atoms with E-state index in [0.717, 1.165) is 32.1 Å². The van der Waals surface area contributed by atoms with Gasteiger partial charge in [0.2, 0.25) is 0 Å². The summed E-state index contributed by atoms with van der Waals surface area (Å²) in [5, 5.41) is 29.6. The summed E-state index contributed by atoms with van der Waals surface area (Å²) in [7, 11) is 0. The van der Waals surface area contributed by atoms with E-state index in [9.17, 15) is 19.8 Å². The molecule has 0 unspecified atom stereocenters. The van der Waals surface area contributed by atoms with Crippen LogP contribution in [0.15, 0.2) is 12.1 Å². The summed E-state index contributed by atoms with van der Waals surface area (Å²) < 4.78 is 5.02.